The van der Waals surface area contributed by atoms with Crippen LogP contribution in [0.3, 0.4) is 0 Å². The van der Waals surface area contributed by atoms with Gasteiger partial charge >= 0.3 is 0 Å². The number of hydrogen-bond acceptors (Lipinski definition) is 5. The van der Waals surface area contributed by atoms with Gasteiger partial charge in [-0.05, 0) is 57.5 Å². The van der Waals surface area contributed by atoms with Gasteiger partial charge in [-0.15, -0.1) is 0 Å². The molecule has 0 aliphatic heterocycles. The number of anilines is 1. The summed E-state index contributed by atoms with van der Waals surface area (Å²) in [6.07, 6.45) is 1.59. The minimum atomic E-state index is 0.0588. The van der Waals surface area contributed by atoms with Crippen LogP contribution in [0.5, 0.6) is 11.5 Å². The fourth-order valence-electron chi connectivity index (χ4n) is 2.91. The van der Waals surface area contributed by atoms with Crippen molar-refractivity contribution in [3.05, 3.63) is 53.9 Å². The first kappa shape index (κ1) is 18.0. The molecule has 2 aromatic carbocycles. The number of rotatable bonds is 7. The van der Waals surface area contributed by atoms with E-state index in [9.17, 15) is 0 Å². The Morgan fingerprint density at radius 1 is 0.962 bits per heavy atom. The zero-order chi connectivity index (χ0) is 18.5. The van der Waals surface area contributed by atoms with Gasteiger partial charge in [0.2, 0.25) is 0 Å². The molecule has 1 heterocycles. The average Bonchev–Trinajstić information content (AvgIpc) is 2.64. The van der Waals surface area contributed by atoms with Gasteiger partial charge in [-0.1, -0.05) is 17.7 Å². The third kappa shape index (κ3) is 3.87. The van der Waals surface area contributed by atoms with Crippen LogP contribution in [0.1, 0.15) is 37.9 Å². The number of aryl methyl sites for hydroxylation is 1. The number of ether oxygens (including phenoxy) is 2. The van der Waals surface area contributed by atoms with Gasteiger partial charge < -0.3 is 14.8 Å². The normalized spacial score (nSPS) is 12.0. The Morgan fingerprint density at radius 2 is 1.73 bits per heavy atom. The Kier molecular flexibility index (Phi) is 5.56. The fraction of sp³-hybridized carbons (Fsp3) is 0.333. The molecular weight excluding hydrogens is 326 g/mol. The Balaban J connectivity index is 1.89. The number of hydrogen-bond donors (Lipinski definition) is 1. The van der Waals surface area contributed by atoms with E-state index in [0.717, 1.165) is 33.8 Å². The van der Waals surface area contributed by atoms with Gasteiger partial charge in [-0.3, -0.25) is 0 Å². The predicted octanol–water partition coefficient (Wildman–Crippen LogP) is 4.91. The highest BCUT2D eigenvalue weighted by molar-refractivity contribution is 5.89. The zero-order valence-electron chi connectivity index (χ0n) is 15.7. The second kappa shape index (κ2) is 8.04. The van der Waals surface area contributed by atoms with Crippen LogP contribution in [-0.4, -0.2) is 23.2 Å². The van der Waals surface area contributed by atoms with E-state index >= 15 is 0 Å². The van der Waals surface area contributed by atoms with Gasteiger partial charge in [0.25, 0.3) is 0 Å². The molecule has 0 saturated carbocycles. The molecular formula is C21H25N3O2. The summed E-state index contributed by atoms with van der Waals surface area (Å²) in [5.41, 5.74) is 3.22. The maximum Gasteiger partial charge on any atom is 0.161 e. The first-order chi connectivity index (χ1) is 12.6. The highest BCUT2D eigenvalue weighted by Crippen LogP contribution is 2.32. The Bertz CT molecular complexity index is 896. The van der Waals surface area contributed by atoms with Crippen molar-refractivity contribution in [3.63, 3.8) is 0 Å². The van der Waals surface area contributed by atoms with E-state index in [1.807, 2.05) is 32.0 Å². The lowest BCUT2D eigenvalue weighted by Gasteiger charge is -2.18. The topological polar surface area (TPSA) is 56.3 Å². The molecule has 0 spiro atoms. The van der Waals surface area contributed by atoms with E-state index < -0.39 is 0 Å². The quantitative estimate of drug-likeness (QED) is 0.655. The van der Waals surface area contributed by atoms with Crippen LogP contribution in [0.2, 0.25) is 0 Å². The lowest BCUT2D eigenvalue weighted by molar-refractivity contribution is 0.287. The molecule has 26 heavy (non-hydrogen) atoms. The van der Waals surface area contributed by atoms with Crippen molar-refractivity contribution in [2.75, 3.05) is 18.5 Å². The lowest BCUT2D eigenvalue weighted by Crippen LogP contribution is -2.09. The van der Waals surface area contributed by atoms with Gasteiger partial charge in [0.15, 0.2) is 11.5 Å². The molecule has 0 fully saturated rings. The number of nitrogens with zero attached hydrogens (tertiary/aromatic N) is 2. The maximum absolute atomic E-state index is 5.74. The minimum absolute atomic E-state index is 0.0588. The van der Waals surface area contributed by atoms with E-state index in [1.54, 1.807) is 6.33 Å². The lowest BCUT2D eigenvalue weighted by atomic mass is 10.1. The Labute approximate surface area is 154 Å². The monoisotopic (exact) mass is 351 g/mol. The molecule has 0 bridgehead atoms. The molecule has 0 aliphatic rings. The van der Waals surface area contributed by atoms with E-state index in [0.29, 0.717) is 13.2 Å². The van der Waals surface area contributed by atoms with Crippen LogP contribution >= 0.6 is 0 Å². The van der Waals surface area contributed by atoms with Crippen LogP contribution in [0.4, 0.5) is 5.82 Å². The van der Waals surface area contributed by atoms with E-state index in [-0.39, 0.29) is 6.04 Å². The smallest absolute Gasteiger partial charge is 0.161 e. The zero-order valence-corrected chi connectivity index (χ0v) is 15.7. The number of nitrogens with one attached hydrogen (secondary N) is 1. The third-order valence-electron chi connectivity index (χ3n) is 4.21. The summed E-state index contributed by atoms with van der Waals surface area (Å²) in [6.45, 7) is 9.33. The molecule has 0 radical (unpaired) electrons. The van der Waals surface area contributed by atoms with Gasteiger partial charge in [-0.25, -0.2) is 9.97 Å². The SMILES string of the molecule is CCOc1ccc(C(C)Nc2ncnc3ccc(C)cc23)cc1OCC. The van der Waals surface area contributed by atoms with Crippen molar-refractivity contribution in [1.82, 2.24) is 9.97 Å². The summed E-state index contributed by atoms with van der Waals surface area (Å²) in [6, 6.07) is 12.3. The highest BCUT2D eigenvalue weighted by atomic mass is 16.5. The Hall–Kier alpha value is -2.82. The number of aromatic nitrogens is 2. The summed E-state index contributed by atoms with van der Waals surface area (Å²) >= 11 is 0. The van der Waals surface area contributed by atoms with Crippen molar-refractivity contribution >= 4 is 16.7 Å². The molecule has 0 amide bonds. The molecule has 1 aromatic heterocycles. The third-order valence-corrected chi connectivity index (χ3v) is 4.21. The fourth-order valence-corrected chi connectivity index (χ4v) is 2.91. The number of benzene rings is 2. The molecule has 5 nitrogen and oxygen atoms in total. The van der Waals surface area contributed by atoms with Gasteiger partial charge in [0, 0.05) is 5.39 Å². The molecule has 5 heteroatoms. The van der Waals surface area contributed by atoms with E-state index in [2.05, 4.69) is 47.3 Å². The van der Waals surface area contributed by atoms with Crippen molar-refractivity contribution in [2.45, 2.75) is 33.7 Å². The summed E-state index contributed by atoms with van der Waals surface area (Å²) in [5, 5.41) is 4.53. The van der Waals surface area contributed by atoms with Crippen LogP contribution in [0, 0.1) is 6.92 Å². The van der Waals surface area contributed by atoms with Crippen LogP contribution < -0.4 is 14.8 Å². The summed E-state index contributed by atoms with van der Waals surface area (Å²) in [4.78, 5) is 8.79. The average molecular weight is 351 g/mol. The van der Waals surface area contributed by atoms with Crippen molar-refractivity contribution < 1.29 is 9.47 Å². The predicted molar refractivity (Wildman–Crippen MR) is 105 cm³/mol. The minimum Gasteiger partial charge on any atom is -0.490 e. The Morgan fingerprint density at radius 3 is 2.50 bits per heavy atom. The molecule has 1 atom stereocenters. The van der Waals surface area contributed by atoms with Gasteiger partial charge in [0.1, 0.15) is 12.1 Å². The molecule has 1 unspecified atom stereocenters. The van der Waals surface area contributed by atoms with Crippen molar-refractivity contribution in [2.24, 2.45) is 0 Å². The second-order valence-electron chi connectivity index (χ2n) is 6.18. The van der Waals surface area contributed by atoms with E-state index in [4.69, 9.17) is 9.47 Å². The maximum atomic E-state index is 5.74. The first-order valence-corrected chi connectivity index (χ1v) is 8.99. The summed E-state index contributed by atoms with van der Waals surface area (Å²) < 4.78 is 11.4. The van der Waals surface area contributed by atoms with Crippen LogP contribution in [-0.2, 0) is 0 Å². The van der Waals surface area contributed by atoms with Gasteiger partial charge in [-0.2, -0.15) is 0 Å². The molecule has 3 aromatic rings. The van der Waals surface area contributed by atoms with Gasteiger partial charge in [0.05, 0.1) is 24.8 Å². The largest absolute Gasteiger partial charge is 0.490 e. The second-order valence-corrected chi connectivity index (χ2v) is 6.18. The molecule has 3 rings (SSSR count). The van der Waals surface area contributed by atoms with Crippen LogP contribution in [0.15, 0.2) is 42.7 Å². The van der Waals surface area contributed by atoms with Crippen molar-refractivity contribution in [3.8, 4) is 11.5 Å². The molecule has 0 aliphatic carbocycles. The van der Waals surface area contributed by atoms with Crippen molar-refractivity contribution in [1.29, 1.82) is 0 Å². The molecule has 1 N–H and O–H groups in total. The first-order valence-electron chi connectivity index (χ1n) is 8.99. The summed E-state index contributed by atoms with van der Waals surface area (Å²) in [5.74, 6) is 2.37. The standard InChI is InChI=1S/C21H25N3O2/c1-5-25-19-10-8-16(12-20(19)26-6-2)15(4)24-21-17-11-14(3)7-9-18(17)22-13-23-21/h7-13,15H,5-6H2,1-4H3,(H,22,23,24). The van der Waals surface area contributed by atoms with E-state index in [1.165, 1.54) is 5.56 Å². The highest BCUT2D eigenvalue weighted by Gasteiger charge is 2.13. The molecule has 0 saturated heterocycles. The number of fused-ring (bicyclic) bond motifs is 1. The van der Waals surface area contributed by atoms with Crippen LogP contribution in [0.25, 0.3) is 10.9 Å². The summed E-state index contributed by atoms with van der Waals surface area (Å²) in [7, 11) is 0. The molecule has 136 valence electrons.